The standard InChI is InChI=1S/C46H36S/c1-2-10-30(11-3-1)34-12-4-5-13-36(34)38-20-19-35(44-39-15-7-9-17-43(39)47-45(38)44)31-18-21-42-40(27-31)37-14-6-8-16-41(37)46(42)32-23-28-22-29(25-32)26-33(46)24-28/h1-21,27-29,32-33H,22-26H2. The highest BCUT2D eigenvalue weighted by atomic mass is 32.1. The van der Waals surface area contributed by atoms with Gasteiger partial charge in [-0.25, -0.2) is 0 Å². The molecule has 6 aromatic carbocycles. The molecular formula is C46H36S. The molecule has 0 amide bonds. The second-order valence-corrected chi connectivity index (χ2v) is 15.9. The molecule has 4 bridgehead atoms. The minimum atomic E-state index is 0.216. The Morgan fingerprint density at radius 1 is 0.447 bits per heavy atom. The van der Waals surface area contributed by atoms with Crippen molar-refractivity contribution in [1.82, 2.24) is 0 Å². The molecule has 0 N–H and O–H groups in total. The molecule has 0 saturated heterocycles. The van der Waals surface area contributed by atoms with E-state index >= 15 is 0 Å². The van der Waals surface area contributed by atoms with Gasteiger partial charge in [0, 0.05) is 31.2 Å². The maximum absolute atomic E-state index is 2.58. The van der Waals surface area contributed by atoms with Crippen LogP contribution in [0.2, 0.25) is 0 Å². The van der Waals surface area contributed by atoms with Crippen molar-refractivity contribution in [2.75, 3.05) is 0 Å². The first-order valence-corrected chi connectivity index (χ1v) is 18.4. The Kier molecular flexibility index (Phi) is 5.53. The van der Waals surface area contributed by atoms with Crippen molar-refractivity contribution in [3.63, 3.8) is 0 Å². The first kappa shape index (κ1) is 26.6. The fraction of sp³-hybridized carbons (Fsp3) is 0.217. The van der Waals surface area contributed by atoms with Crippen LogP contribution < -0.4 is 0 Å². The number of hydrogen-bond acceptors (Lipinski definition) is 1. The van der Waals surface area contributed by atoms with Crippen molar-refractivity contribution in [2.24, 2.45) is 23.7 Å². The van der Waals surface area contributed by atoms with Gasteiger partial charge in [-0.2, -0.15) is 0 Å². The van der Waals surface area contributed by atoms with Crippen LogP contribution in [0.5, 0.6) is 0 Å². The highest BCUT2D eigenvalue weighted by Gasteiger charge is 2.61. The van der Waals surface area contributed by atoms with Crippen molar-refractivity contribution in [1.29, 1.82) is 0 Å². The summed E-state index contributed by atoms with van der Waals surface area (Å²) in [4.78, 5) is 0. The van der Waals surface area contributed by atoms with Gasteiger partial charge in [0.05, 0.1) is 0 Å². The summed E-state index contributed by atoms with van der Waals surface area (Å²) >= 11 is 1.94. The maximum atomic E-state index is 2.58. The van der Waals surface area contributed by atoms with Gasteiger partial charge in [0.1, 0.15) is 0 Å². The molecule has 0 aliphatic heterocycles. The number of hydrogen-bond donors (Lipinski definition) is 0. The summed E-state index contributed by atoms with van der Waals surface area (Å²) in [5, 5.41) is 2.75. The summed E-state index contributed by atoms with van der Waals surface area (Å²) in [6, 6.07) is 50.8. The fourth-order valence-corrected chi connectivity index (χ4v) is 12.5. The van der Waals surface area contributed by atoms with Gasteiger partial charge in [-0.1, -0.05) is 121 Å². The Balaban J connectivity index is 1.13. The van der Waals surface area contributed by atoms with Gasteiger partial charge in [-0.05, 0) is 118 Å². The molecule has 5 aliphatic carbocycles. The van der Waals surface area contributed by atoms with Gasteiger partial charge in [-0.3, -0.25) is 0 Å². The average Bonchev–Trinajstić information content (AvgIpc) is 3.65. The van der Waals surface area contributed by atoms with Crippen LogP contribution in [0.3, 0.4) is 0 Å². The summed E-state index contributed by atoms with van der Waals surface area (Å²) in [6.07, 6.45) is 7.20. The van der Waals surface area contributed by atoms with Gasteiger partial charge in [0.2, 0.25) is 0 Å². The zero-order valence-electron chi connectivity index (χ0n) is 26.5. The van der Waals surface area contributed by atoms with E-state index in [2.05, 4.69) is 133 Å². The highest BCUT2D eigenvalue weighted by Crippen LogP contribution is 2.69. The number of rotatable bonds is 3. The lowest BCUT2D eigenvalue weighted by Gasteiger charge is -2.61. The van der Waals surface area contributed by atoms with Crippen LogP contribution in [0.1, 0.15) is 43.2 Å². The first-order chi connectivity index (χ1) is 23.3. The molecule has 4 fully saturated rings. The molecule has 0 atom stereocenters. The average molecular weight is 621 g/mol. The molecule has 12 rings (SSSR count). The van der Waals surface area contributed by atoms with E-state index in [1.807, 2.05) is 11.3 Å². The van der Waals surface area contributed by atoms with Crippen LogP contribution in [0, 0.1) is 23.7 Å². The zero-order chi connectivity index (χ0) is 30.7. The minimum absolute atomic E-state index is 0.216. The van der Waals surface area contributed by atoms with E-state index in [9.17, 15) is 0 Å². The zero-order valence-corrected chi connectivity index (χ0v) is 27.3. The van der Waals surface area contributed by atoms with Crippen LogP contribution in [0.25, 0.3) is 64.7 Å². The van der Waals surface area contributed by atoms with Crippen LogP contribution in [-0.2, 0) is 5.41 Å². The summed E-state index contributed by atoms with van der Waals surface area (Å²) in [5.41, 5.74) is 14.3. The summed E-state index contributed by atoms with van der Waals surface area (Å²) in [7, 11) is 0. The smallest absolute Gasteiger partial charge is 0.0440 e. The normalized spacial score (nSPS) is 25.1. The molecule has 226 valence electrons. The second kappa shape index (κ2) is 9.78. The Hall–Kier alpha value is -4.46. The van der Waals surface area contributed by atoms with E-state index in [0.29, 0.717) is 0 Å². The van der Waals surface area contributed by atoms with Gasteiger partial charge in [0.25, 0.3) is 0 Å². The Bertz CT molecular complexity index is 2340. The quantitative estimate of drug-likeness (QED) is 0.184. The van der Waals surface area contributed by atoms with Gasteiger partial charge in [-0.15, -0.1) is 11.3 Å². The summed E-state index contributed by atoms with van der Waals surface area (Å²) in [5.74, 6) is 3.51. The largest absolute Gasteiger partial charge is 0.135 e. The van der Waals surface area contributed by atoms with E-state index in [1.165, 1.54) is 96.8 Å². The van der Waals surface area contributed by atoms with Gasteiger partial charge < -0.3 is 0 Å². The lowest BCUT2D eigenvalue weighted by Crippen LogP contribution is -2.55. The molecule has 5 aliphatic rings. The molecule has 47 heavy (non-hydrogen) atoms. The summed E-state index contributed by atoms with van der Waals surface area (Å²) < 4.78 is 2.73. The van der Waals surface area contributed by atoms with E-state index in [-0.39, 0.29) is 5.41 Å². The molecule has 0 nitrogen and oxygen atoms in total. The molecular weight excluding hydrogens is 585 g/mol. The third kappa shape index (κ3) is 3.59. The van der Waals surface area contributed by atoms with Crippen molar-refractivity contribution in [2.45, 2.75) is 37.5 Å². The molecule has 1 aromatic heterocycles. The molecule has 0 unspecified atom stereocenters. The van der Waals surface area contributed by atoms with E-state index < -0.39 is 0 Å². The molecule has 4 saturated carbocycles. The van der Waals surface area contributed by atoms with Crippen molar-refractivity contribution >= 4 is 31.5 Å². The van der Waals surface area contributed by atoms with Crippen LogP contribution in [-0.4, -0.2) is 0 Å². The van der Waals surface area contributed by atoms with Crippen LogP contribution in [0.15, 0.2) is 133 Å². The molecule has 1 heteroatoms. The fourth-order valence-electron chi connectivity index (χ4n) is 11.2. The molecule has 7 aromatic rings. The minimum Gasteiger partial charge on any atom is -0.135 e. The van der Waals surface area contributed by atoms with Crippen LogP contribution in [0.4, 0.5) is 0 Å². The van der Waals surface area contributed by atoms with Crippen LogP contribution >= 0.6 is 11.3 Å². The lowest BCUT2D eigenvalue weighted by molar-refractivity contribution is -0.0399. The van der Waals surface area contributed by atoms with Crippen molar-refractivity contribution in [3.8, 4) is 44.5 Å². The predicted octanol–water partition coefficient (Wildman–Crippen LogP) is 12.8. The third-order valence-electron chi connectivity index (χ3n) is 12.7. The first-order valence-electron chi connectivity index (χ1n) is 17.6. The number of thiophene rings is 1. The topological polar surface area (TPSA) is 0 Å². The van der Waals surface area contributed by atoms with E-state index in [4.69, 9.17) is 0 Å². The van der Waals surface area contributed by atoms with Crippen molar-refractivity contribution < 1.29 is 0 Å². The Morgan fingerprint density at radius 3 is 1.89 bits per heavy atom. The predicted molar refractivity (Wildman–Crippen MR) is 199 cm³/mol. The summed E-state index contributed by atoms with van der Waals surface area (Å²) in [6.45, 7) is 0. The monoisotopic (exact) mass is 620 g/mol. The highest BCUT2D eigenvalue weighted by molar-refractivity contribution is 7.26. The second-order valence-electron chi connectivity index (χ2n) is 14.9. The number of benzene rings is 6. The lowest BCUT2D eigenvalue weighted by atomic mass is 9.43. The molecule has 0 radical (unpaired) electrons. The SMILES string of the molecule is c1ccc(-c2ccccc2-c2ccc(-c3ccc4c(c3)-c3ccccc3C43C4CC5CC(C4)CC3C5)c3c2sc2ccccc23)cc1. The third-order valence-corrected chi connectivity index (χ3v) is 13.9. The van der Waals surface area contributed by atoms with Gasteiger partial charge in [0.15, 0.2) is 0 Å². The Labute approximate surface area is 280 Å². The van der Waals surface area contributed by atoms with E-state index in [0.717, 1.165) is 23.7 Å². The van der Waals surface area contributed by atoms with Gasteiger partial charge >= 0.3 is 0 Å². The maximum Gasteiger partial charge on any atom is 0.0440 e. The molecule has 1 heterocycles. The van der Waals surface area contributed by atoms with E-state index in [1.54, 1.807) is 11.1 Å². The number of fused-ring (bicyclic) bond motifs is 6. The Morgan fingerprint density at radius 2 is 1.09 bits per heavy atom. The molecule has 1 spiro atoms. The van der Waals surface area contributed by atoms with Crippen molar-refractivity contribution in [3.05, 3.63) is 145 Å².